The van der Waals surface area contributed by atoms with Crippen LogP contribution in [0.2, 0.25) is 0 Å². The number of epoxide rings is 1. The van der Waals surface area contributed by atoms with Gasteiger partial charge in [0.2, 0.25) is 5.91 Å². The SMILES string of the molecule is COc1ccc2c(c1)[C@@H]1O[C@H]1[C@H](C)N2C(C)=O. The van der Waals surface area contributed by atoms with Gasteiger partial charge in [-0.25, -0.2) is 0 Å². The zero-order chi connectivity index (χ0) is 12.2. The minimum atomic E-state index is 0.0536. The average Bonchev–Trinajstić information content (AvgIpc) is 3.09. The van der Waals surface area contributed by atoms with Crippen LogP contribution < -0.4 is 9.64 Å². The third-order valence-electron chi connectivity index (χ3n) is 3.55. The van der Waals surface area contributed by atoms with Gasteiger partial charge in [-0.05, 0) is 25.1 Å². The lowest BCUT2D eigenvalue weighted by Gasteiger charge is -2.32. The summed E-state index contributed by atoms with van der Waals surface area (Å²) in [5, 5.41) is 0. The van der Waals surface area contributed by atoms with Crippen LogP contribution in [0.1, 0.15) is 25.5 Å². The van der Waals surface area contributed by atoms with Crippen LogP contribution in [0.25, 0.3) is 0 Å². The zero-order valence-electron chi connectivity index (χ0n) is 10.1. The van der Waals surface area contributed by atoms with Crippen LogP contribution in [0.3, 0.4) is 0 Å². The number of rotatable bonds is 1. The lowest BCUT2D eigenvalue weighted by molar-refractivity contribution is -0.117. The summed E-state index contributed by atoms with van der Waals surface area (Å²) in [7, 11) is 1.64. The molecular formula is C13H15NO3. The molecule has 1 fully saturated rings. The lowest BCUT2D eigenvalue weighted by atomic mass is 9.96. The summed E-state index contributed by atoms with van der Waals surface area (Å²) in [4.78, 5) is 13.5. The predicted molar refractivity (Wildman–Crippen MR) is 63.2 cm³/mol. The van der Waals surface area contributed by atoms with Crippen LogP contribution in [0.5, 0.6) is 5.75 Å². The number of hydrogen-bond acceptors (Lipinski definition) is 3. The van der Waals surface area contributed by atoms with Crippen molar-refractivity contribution in [2.45, 2.75) is 32.1 Å². The van der Waals surface area contributed by atoms with Gasteiger partial charge >= 0.3 is 0 Å². The van der Waals surface area contributed by atoms with Crippen LogP contribution in [0.15, 0.2) is 18.2 Å². The molecule has 2 aliphatic rings. The fourth-order valence-electron chi connectivity index (χ4n) is 2.67. The van der Waals surface area contributed by atoms with Crippen molar-refractivity contribution in [1.82, 2.24) is 0 Å². The van der Waals surface area contributed by atoms with Crippen molar-refractivity contribution < 1.29 is 14.3 Å². The van der Waals surface area contributed by atoms with Gasteiger partial charge < -0.3 is 14.4 Å². The number of hydrogen-bond donors (Lipinski definition) is 0. The van der Waals surface area contributed by atoms with Crippen LogP contribution in [0, 0.1) is 0 Å². The highest BCUT2D eigenvalue weighted by Crippen LogP contribution is 2.51. The number of ether oxygens (including phenoxy) is 2. The van der Waals surface area contributed by atoms with Gasteiger partial charge in [0.15, 0.2) is 0 Å². The van der Waals surface area contributed by atoms with E-state index < -0.39 is 0 Å². The average molecular weight is 233 g/mol. The molecular weight excluding hydrogens is 218 g/mol. The molecule has 2 heterocycles. The minimum absolute atomic E-state index is 0.0536. The van der Waals surface area contributed by atoms with Gasteiger partial charge in [-0.3, -0.25) is 4.79 Å². The van der Waals surface area contributed by atoms with E-state index in [1.54, 1.807) is 14.0 Å². The molecule has 0 aliphatic carbocycles. The Labute approximate surface area is 100 Å². The molecule has 0 unspecified atom stereocenters. The van der Waals surface area contributed by atoms with Crippen molar-refractivity contribution in [2.75, 3.05) is 12.0 Å². The Kier molecular flexibility index (Phi) is 2.16. The summed E-state index contributed by atoms with van der Waals surface area (Å²) < 4.78 is 10.9. The monoisotopic (exact) mass is 233 g/mol. The number of benzene rings is 1. The van der Waals surface area contributed by atoms with Gasteiger partial charge in [-0.2, -0.15) is 0 Å². The summed E-state index contributed by atoms with van der Waals surface area (Å²) in [6, 6.07) is 5.88. The third-order valence-corrected chi connectivity index (χ3v) is 3.55. The first-order valence-electron chi connectivity index (χ1n) is 5.76. The molecule has 90 valence electrons. The molecule has 0 spiro atoms. The maximum Gasteiger partial charge on any atom is 0.224 e. The highest BCUT2D eigenvalue weighted by atomic mass is 16.6. The smallest absolute Gasteiger partial charge is 0.224 e. The Morgan fingerprint density at radius 3 is 2.88 bits per heavy atom. The molecule has 17 heavy (non-hydrogen) atoms. The second-order valence-corrected chi connectivity index (χ2v) is 4.58. The molecule has 1 aromatic rings. The van der Waals surface area contributed by atoms with Gasteiger partial charge in [-0.1, -0.05) is 0 Å². The Balaban J connectivity index is 2.11. The first kappa shape index (κ1) is 10.6. The van der Waals surface area contributed by atoms with E-state index in [4.69, 9.17) is 9.47 Å². The van der Waals surface area contributed by atoms with Crippen LogP contribution in [0.4, 0.5) is 5.69 Å². The maximum absolute atomic E-state index is 11.7. The van der Waals surface area contributed by atoms with E-state index in [0.717, 1.165) is 17.0 Å². The molecule has 0 aromatic heterocycles. The summed E-state index contributed by atoms with van der Waals surface area (Å²) in [5.41, 5.74) is 2.01. The van der Waals surface area contributed by atoms with Crippen molar-refractivity contribution in [2.24, 2.45) is 0 Å². The highest BCUT2D eigenvalue weighted by Gasteiger charge is 2.52. The summed E-state index contributed by atoms with van der Waals surface area (Å²) >= 11 is 0. The number of anilines is 1. The highest BCUT2D eigenvalue weighted by molar-refractivity contribution is 5.94. The van der Waals surface area contributed by atoms with Crippen molar-refractivity contribution in [3.63, 3.8) is 0 Å². The summed E-state index contributed by atoms with van der Waals surface area (Å²) in [5.74, 6) is 0.855. The molecule has 0 radical (unpaired) electrons. The Hall–Kier alpha value is -1.55. The molecule has 3 atom stereocenters. The van der Waals surface area contributed by atoms with E-state index in [1.165, 1.54) is 0 Å². The first-order chi connectivity index (χ1) is 8.13. The van der Waals surface area contributed by atoms with Crippen molar-refractivity contribution in [3.05, 3.63) is 23.8 Å². The largest absolute Gasteiger partial charge is 0.497 e. The molecule has 0 N–H and O–H groups in total. The standard InChI is InChI=1S/C13H15NO3/c1-7-12-13(17-12)10-6-9(16-3)4-5-11(10)14(7)8(2)15/h4-7,12-13H,1-3H3/t7-,12-,13-/m0/s1. The fourth-order valence-corrected chi connectivity index (χ4v) is 2.67. The van der Waals surface area contributed by atoms with Gasteiger partial charge in [0.25, 0.3) is 0 Å². The third kappa shape index (κ3) is 1.44. The Bertz CT molecular complexity index is 486. The van der Waals surface area contributed by atoms with Gasteiger partial charge in [0.05, 0.1) is 18.8 Å². The minimum Gasteiger partial charge on any atom is -0.497 e. The van der Waals surface area contributed by atoms with E-state index in [9.17, 15) is 4.79 Å². The number of fused-ring (bicyclic) bond motifs is 3. The van der Waals surface area contributed by atoms with E-state index in [1.807, 2.05) is 30.0 Å². The topological polar surface area (TPSA) is 42.1 Å². The van der Waals surface area contributed by atoms with E-state index >= 15 is 0 Å². The number of nitrogens with zero attached hydrogens (tertiary/aromatic N) is 1. The molecule has 2 aliphatic heterocycles. The zero-order valence-corrected chi connectivity index (χ0v) is 10.1. The molecule has 1 aromatic carbocycles. The Morgan fingerprint density at radius 1 is 1.47 bits per heavy atom. The van der Waals surface area contributed by atoms with E-state index in [2.05, 4.69) is 0 Å². The molecule has 1 amide bonds. The quantitative estimate of drug-likeness (QED) is 0.696. The molecule has 1 saturated heterocycles. The van der Waals surface area contributed by atoms with Crippen LogP contribution >= 0.6 is 0 Å². The second-order valence-electron chi connectivity index (χ2n) is 4.58. The molecule has 0 saturated carbocycles. The molecule has 4 heteroatoms. The Morgan fingerprint density at radius 2 is 2.24 bits per heavy atom. The van der Waals surface area contributed by atoms with Crippen molar-refractivity contribution in [3.8, 4) is 5.75 Å². The summed E-state index contributed by atoms with van der Waals surface area (Å²) in [6.45, 7) is 3.62. The molecule has 4 nitrogen and oxygen atoms in total. The van der Waals surface area contributed by atoms with Gasteiger partial charge in [0.1, 0.15) is 18.0 Å². The van der Waals surface area contributed by atoms with Gasteiger partial charge in [0, 0.05) is 12.5 Å². The van der Waals surface area contributed by atoms with E-state index in [0.29, 0.717) is 0 Å². The van der Waals surface area contributed by atoms with Crippen molar-refractivity contribution in [1.29, 1.82) is 0 Å². The maximum atomic E-state index is 11.7. The number of carbonyl (C=O) groups excluding carboxylic acids is 1. The van der Waals surface area contributed by atoms with Crippen LogP contribution in [-0.2, 0) is 9.53 Å². The normalized spacial score (nSPS) is 29.4. The van der Waals surface area contributed by atoms with Crippen LogP contribution in [-0.4, -0.2) is 25.2 Å². The number of methoxy groups -OCH3 is 1. The van der Waals surface area contributed by atoms with Crippen molar-refractivity contribution >= 4 is 11.6 Å². The molecule has 0 bridgehead atoms. The second kappa shape index (κ2) is 3.47. The predicted octanol–water partition coefficient (Wildman–Crippen LogP) is 1.89. The van der Waals surface area contributed by atoms with Gasteiger partial charge in [-0.15, -0.1) is 0 Å². The number of carbonyl (C=O) groups is 1. The first-order valence-corrected chi connectivity index (χ1v) is 5.76. The molecule has 3 rings (SSSR count). The number of amides is 1. The lowest BCUT2D eigenvalue weighted by Crippen LogP contribution is -2.43. The van der Waals surface area contributed by atoms with E-state index in [-0.39, 0.29) is 24.2 Å². The fraction of sp³-hybridized carbons (Fsp3) is 0.462. The summed E-state index contributed by atoms with van der Waals surface area (Å²) in [6.07, 6.45) is 0.268.